The van der Waals surface area contributed by atoms with E-state index in [0.29, 0.717) is 11.3 Å². The van der Waals surface area contributed by atoms with Gasteiger partial charge < -0.3 is 18.9 Å². The molecule has 1 aromatic heterocycles. The molecule has 1 heterocycles. The monoisotopic (exact) mass is 489 g/mol. The molecule has 3 aromatic rings. The summed E-state index contributed by atoms with van der Waals surface area (Å²) < 4.78 is 51.9. The van der Waals surface area contributed by atoms with E-state index in [4.69, 9.17) is 9.47 Å². The summed E-state index contributed by atoms with van der Waals surface area (Å²) in [6.45, 7) is 1.05. The molecule has 2 aromatic carbocycles. The van der Waals surface area contributed by atoms with Crippen molar-refractivity contribution in [1.82, 2.24) is 14.5 Å². The molecule has 8 nitrogen and oxygen atoms in total. The van der Waals surface area contributed by atoms with E-state index in [2.05, 4.69) is 4.98 Å². The van der Waals surface area contributed by atoms with Crippen LogP contribution in [0.1, 0.15) is 21.6 Å². The van der Waals surface area contributed by atoms with Gasteiger partial charge in [0.1, 0.15) is 5.82 Å². The molecule has 0 aliphatic rings. The molecule has 0 atom stereocenters. The molecular formula is C24H28FN3O5S. The second-order valence-corrected chi connectivity index (χ2v) is 9.53. The van der Waals surface area contributed by atoms with Crippen molar-refractivity contribution < 1.29 is 27.1 Å². The highest BCUT2D eigenvalue weighted by molar-refractivity contribution is 7.90. The van der Waals surface area contributed by atoms with Gasteiger partial charge in [0.25, 0.3) is 5.91 Å². The van der Waals surface area contributed by atoms with E-state index in [-0.39, 0.29) is 49.3 Å². The smallest absolute Gasteiger partial charge is 0.254 e. The Kier molecular flexibility index (Phi) is 8.91. The third-order valence-corrected chi connectivity index (χ3v) is 6.77. The fourth-order valence-corrected chi connectivity index (χ4v) is 5.02. The van der Waals surface area contributed by atoms with Crippen LogP contribution in [0.5, 0.6) is 0 Å². The topological polar surface area (TPSA) is 90.7 Å². The fourth-order valence-electron chi connectivity index (χ4n) is 3.50. The zero-order valence-electron chi connectivity index (χ0n) is 19.2. The first-order valence-electron chi connectivity index (χ1n) is 10.7. The molecule has 0 aliphatic carbocycles. The molecule has 0 saturated carbocycles. The van der Waals surface area contributed by atoms with E-state index in [1.165, 1.54) is 49.6 Å². The number of nitrogens with zero attached hydrogens (tertiary/aromatic N) is 3. The summed E-state index contributed by atoms with van der Waals surface area (Å²) in [6, 6.07) is 14.3. The first-order valence-corrected chi connectivity index (χ1v) is 12.3. The van der Waals surface area contributed by atoms with Crippen LogP contribution in [0.25, 0.3) is 0 Å². The van der Waals surface area contributed by atoms with Crippen LogP contribution in [-0.4, -0.2) is 62.8 Å². The average molecular weight is 490 g/mol. The van der Waals surface area contributed by atoms with Crippen LogP contribution in [0.2, 0.25) is 0 Å². The number of amides is 1. The number of benzene rings is 2. The van der Waals surface area contributed by atoms with Crippen LogP contribution in [0.15, 0.2) is 66.0 Å². The SMILES string of the molecule is COCCN(Cc1cnc(S(=O)(=O)Cc2ccccc2)n1CCOC)C(=O)c1cccc(F)c1. The number of carbonyl (C=O) groups excluding carboxylic acids is 1. The number of hydrogen-bond acceptors (Lipinski definition) is 6. The lowest BCUT2D eigenvalue weighted by atomic mass is 10.2. The molecule has 10 heteroatoms. The van der Waals surface area contributed by atoms with E-state index in [0.717, 1.165) is 0 Å². The minimum atomic E-state index is -3.77. The van der Waals surface area contributed by atoms with Crippen LogP contribution >= 0.6 is 0 Å². The first-order chi connectivity index (χ1) is 16.4. The Balaban J connectivity index is 1.93. The van der Waals surface area contributed by atoms with Crippen LogP contribution in [0.3, 0.4) is 0 Å². The first kappa shape index (κ1) is 25.5. The Bertz CT molecular complexity index is 1200. The van der Waals surface area contributed by atoms with Crippen molar-refractivity contribution in [3.05, 3.63) is 83.4 Å². The summed E-state index contributed by atoms with van der Waals surface area (Å²) in [5, 5.41) is -0.0895. The molecule has 3 rings (SSSR count). The molecule has 0 radical (unpaired) electrons. The number of hydrogen-bond donors (Lipinski definition) is 0. The van der Waals surface area contributed by atoms with Crippen LogP contribution in [-0.2, 0) is 38.2 Å². The molecule has 1 amide bonds. The van der Waals surface area contributed by atoms with Crippen molar-refractivity contribution in [2.24, 2.45) is 0 Å². The maximum atomic E-state index is 13.7. The van der Waals surface area contributed by atoms with Crippen molar-refractivity contribution in [2.45, 2.75) is 24.0 Å². The van der Waals surface area contributed by atoms with E-state index in [9.17, 15) is 17.6 Å². The summed E-state index contributed by atoms with van der Waals surface area (Å²) in [5.41, 5.74) is 1.36. The third-order valence-electron chi connectivity index (χ3n) is 5.18. The highest BCUT2D eigenvalue weighted by Gasteiger charge is 2.26. The van der Waals surface area contributed by atoms with Crippen LogP contribution in [0.4, 0.5) is 4.39 Å². The average Bonchev–Trinajstić information content (AvgIpc) is 3.23. The van der Waals surface area contributed by atoms with E-state index < -0.39 is 21.6 Å². The lowest BCUT2D eigenvalue weighted by Gasteiger charge is -2.23. The van der Waals surface area contributed by atoms with Gasteiger partial charge in [0.2, 0.25) is 15.0 Å². The van der Waals surface area contributed by atoms with Crippen molar-refractivity contribution in [3.63, 3.8) is 0 Å². The van der Waals surface area contributed by atoms with Gasteiger partial charge in [0, 0.05) is 32.9 Å². The Morgan fingerprint density at radius 2 is 1.79 bits per heavy atom. The van der Waals surface area contributed by atoms with Gasteiger partial charge >= 0.3 is 0 Å². The number of rotatable bonds is 12. The lowest BCUT2D eigenvalue weighted by molar-refractivity contribution is 0.0674. The standard InChI is InChI=1S/C24H28FN3O5S/c1-32-13-11-27(23(29)20-9-6-10-21(25)15-20)17-22-16-26-24(28(22)12-14-33-2)34(30,31)18-19-7-4-3-5-8-19/h3-10,15-16H,11-14,17-18H2,1-2H3. The maximum Gasteiger partial charge on any atom is 0.254 e. The van der Waals surface area contributed by atoms with Crippen molar-refractivity contribution in [3.8, 4) is 0 Å². The Hall–Kier alpha value is -3.08. The largest absolute Gasteiger partial charge is 0.383 e. The highest BCUT2D eigenvalue weighted by atomic mass is 32.2. The number of carbonyl (C=O) groups is 1. The molecule has 0 unspecified atom stereocenters. The summed E-state index contributed by atoms with van der Waals surface area (Å²) in [7, 11) is -0.729. The van der Waals surface area contributed by atoms with Gasteiger partial charge in [-0.05, 0) is 23.8 Å². The number of halogens is 1. The quantitative estimate of drug-likeness (QED) is 0.389. The van der Waals surface area contributed by atoms with Crippen LogP contribution < -0.4 is 0 Å². The van der Waals surface area contributed by atoms with E-state index in [1.54, 1.807) is 28.8 Å². The van der Waals surface area contributed by atoms with Gasteiger partial charge in [-0.2, -0.15) is 0 Å². The molecule has 0 bridgehead atoms. The molecule has 0 saturated heterocycles. The Morgan fingerprint density at radius 3 is 2.47 bits per heavy atom. The van der Waals surface area contributed by atoms with Crippen molar-refractivity contribution >= 4 is 15.7 Å². The van der Waals surface area contributed by atoms with Gasteiger partial charge in [-0.25, -0.2) is 17.8 Å². The maximum absolute atomic E-state index is 13.7. The highest BCUT2D eigenvalue weighted by Crippen LogP contribution is 2.20. The number of methoxy groups -OCH3 is 2. The lowest BCUT2D eigenvalue weighted by Crippen LogP contribution is -2.34. The van der Waals surface area contributed by atoms with Gasteiger partial charge in [-0.15, -0.1) is 0 Å². The number of aromatic nitrogens is 2. The van der Waals surface area contributed by atoms with Gasteiger partial charge in [0.15, 0.2) is 0 Å². The zero-order chi connectivity index (χ0) is 24.6. The van der Waals surface area contributed by atoms with Gasteiger partial charge in [0.05, 0.1) is 37.4 Å². The summed E-state index contributed by atoms with van der Waals surface area (Å²) >= 11 is 0. The Morgan fingerprint density at radius 1 is 1.06 bits per heavy atom. The minimum absolute atomic E-state index is 0.0658. The Labute approximate surface area is 198 Å². The number of imidazole rings is 1. The normalized spacial score (nSPS) is 11.5. The fraction of sp³-hybridized carbons (Fsp3) is 0.333. The zero-order valence-corrected chi connectivity index (χ0v) is 20.0. The van der Waals surface area contributed by atoms with Crippen molar-refractivity contribution in [2.75, 3.05) is 34.0 Å². The summed E-state index contributed by atoms with van der Waals surface area (Å²) in [4.78, 5) is 18.8. The summed E-state index contributed by atoms with van der Waals surface area (Å²) in [6.07, 6.45) is 1.45. The second kappa shape index (κ2) is 11.9. The number of ether oxygens (including phenoxy) is 2. The predicted molar refractivity (Wildman–Crippen MR) is 124 cm³/mol. The third kappa shape index (κ3) is 6.49. The number of sulfone groups is 1. The summed E-state index contributed by atoms with van der Waals surface area (Å²) in [5.74, 6) is -1.12. The minimum Gasteiger partial charge on any atom is -0.383 e. The molecule has 34 heavy (non-hydrogen) atoms. The molecule has 0 spiro atoms. The van der Waals surface area contributed by atoms with Crippen molar-refractivity contribution in [1.29, 1.82) is 0 Å². The van der Waals surface area contributed by atoms with Gasteiger partial charge in [-0.3, -0.25) is 4.79 Å². The van der Waals surface area contributed by atoms with E-state index >= 15 is 0 Å². The molecule has 0 N–H and O–H groups in total. The van der Waals surface area contributed by atoms with Crippen LogP contribution in [0, 0.1) is 5.82 Å². The van der Waals surface area contributed by atoms with Gasteiger partial charge in [-0.1, -0.05) is 36.4 Å². The predicted octanol–water partition coefficient (Wildman–Crippen LogP) is 2.93. The molecule has 0 aliphatic heterocycles. The second-order valence-electron chi connectivity index (χ2n) is 7.65. The van der Waals surface area contributed by atoms with E-state index in [1.807, 2.05) is 6.07 Å². The molecule has 182 valence electrons. The molecule has 0 fully saturated rings. The molecular weight excluding hydrogens is 461 g/mol.